The van der Waals surface area contributed by atoms with E-state index in [4.69, 9.17) is 9.84 Å². The summed E-state index contributed by atoms with van der Waals surface area (Å²) in [6.45, 7) is 3.73. The van der Waals surface area contributed by atoms with Gasteiger partial charge in [-0.2, -0.15) is 0 Å². The molecule has 2 aromatic carbocycles. The van der Waals surface area contributed by atoms with Gasteiger partial charge in [0.05, 0.1) is 11.8 Å². The van der Waals surface area contributed by atoms with E-state index in [2.05, 4.69) is 4.99 Å². The maximum absolute atomic E-state index is 11.0. The van der Waals surface area contributed by atoms with Gasteiger partial charge in [0, 0.05) is 5.56 Å². The van der Waals surface area contributed by atoms with Crippen molar-refractivity contribution in [1.82, 2.24) is 0 Å². The minimum absolute atomic E-state index is 0.108. The molecule has 0 aliphatic carbocycles. The molecule has 0 spiro atoms. The van der Waals surface area contributed by atoms with E-state index in [1.54, 1.807) is 6.07 Å². The molecule has 5 heteroatoms. The minimum atomic E-state index is -1.18. The summed E-state index contributed by atoms with van der Waals surface area (Å²) < 4.78 is 5.69. The minimum Gasteiger partial charge on any atom is -0.507 e. The average molecular weight is 299 g/mol. The number of ether oxygens (including phenoxy) is 1. The molecule has 0 fully saturated rings. The Morgan fingerprint density at radius 3 is 2.36 bits per heavy atom. The second-order valence-electron chi connectivity index (χ2n) is 4.96. The fourth-order valence-corrected chi connectivity index (χ4v) is 1.85. The van der Waals surface area contributed by atoms with Crippen molar-refractivity contribution in [1.29, 1.82) is 0 Å². The fraction of sp³-hybridized carbons (Fsp3) is 0.176. The van der Waals surface area contributed by atoms with Crippen LogP contribution in [0.15, 0.2) is 53.5 Å². The number of carboxylic acid groups (broad SMARTS) is 1. The lowest BCUT2D eigenvalue weighted by Gasteiger charge is -2.13. The molecule has 0 aromatic heterocycles. The molecule has 0 saturated heterocycles. The van der Waals surface area contributed by atoms with E-state index >= 15 is 0 Å². The van der Waals surface area contributed by atoms with Crippen LogP contribution in [-0.2, 0) is 4.74 Å². The van der Waals surface area contributed by atoms with E-state index in [0.717, 1.165) is 0 Å². The number of hydrogen-bond donors (Lipinski definition) is 2. The van der Waals surface area contributed by atoms with Gasteiger partial charge in [-0.05, 0) is 44.2 Å². The highest BCUT2D eigenvalue weighted by Crippen LogP contribution is 2.22. The third kappa shape index (κ3) is 3.85. The SMILES string of the molecule is CC(C)O/C(=N\c1ccccc1)c1ccc(C(=O)O)c(O)c1. The number of hydrogen-bond acceptors (Lipinski definition) is 4. The maximum atomic E-state index is 11.0. The summed E-state index contributed by atoms with van der Waals surface area (Å²) >= 11 is 0. The van der Waals surface area contributed by atoms with Gasteiger partial charge in [0.2, 0.25) is 5.90 Å². The van der Waals surface area contributed by atoms with Crippen LogP contribution in [0, 0.1) is 0 Å². The Labute approximate surface area is 128 Å². The molecule has 0 aliphatic rings. The predicted octanol–water partition coefficient (Wildman–Crippen LogP) is 3.59. The van der Waals surface area contributed by atoms with Crippen LogP contribution in [0.25, 0.3) is 0 Å². The van der Waals surface area contributed by atoms with Crippen LogP contribution < -0.4 is 0 Å². The van der Waals surface area contributed by atoms with E-state index in [-0.39, 0.29) is 17.4 Å². The molecule has 0 saturated carbocycles. The van der Waals surface area contributed by atoms with Gasteiger partial charge in [0.1, 0.15) is 11.3 Å². The second kappa shape index (κ2) is 6.76. The quantitative estimate of drug-likeness (QED) is 0.668. The van der Waals surface area contributed by atoms with Crippen molar-refractivity contribution >= 4 is 17.6 Å². The van der Waals surface area contributed by atoms with Crippen molar-refractivity contribution in [3.8, 4) is 5.75 Å². The van der Waals surface area contributed by atoms with E-state index in [9.17, 15) is 9.90 Å². The van der Waals surface area contributed by atoms with Crippen LogP contribution in [0.4, 0.5) is 5.69 Å². The topological polar surface area (TPSA) is 79.1 Å². The van der Waals surface area contributed by atoms with Gasteiger partial charge in [-0.1, -0.05) is 18.2 Å². The fourth-order valence-electron chi connectivity index (χ4n) is 1.85. The first-order valence-corrected chi connectivity index (χ1v) is 6.84. The smallest absolute Gasteiger partial charge is 0.339 e. The zero-order valence-electron chi connectivity index (χ0n) is 12.4. The van der Waals surface area contributed by atoms with Crippen molar-refractivity contribution in [2.75, 3.05) is 0 Å². The maximum Gasteiger partial charge on any atom is 0.339 e. The highest BCUT2D eigenvalue weighted by atomic mass is 16.5. The Kier molecular flexibility index (Phi) is 4.78. The standard InChI is InChI=1S/C17H17NO4/c1-11(2)22-16(18-13-6-4-3-5-7-13)12-8-9-14(17(20)21)15(19)10-12/h3-11,19H,1-2H3,(H,20,21)/b18-16-. The molecule has 0 radical (unpaired) electrons. The summed E-state index contributed by atoms with van der Waals surface area (Å²) in [6, 6.07) is 13.5. The molecule has 2 rings (SSSR count). The molecule has 0 unspecified atom stereocenters. The molecule has 0 atom stereocenters. The molecule has 2 aromatic rings. The summed E-state index contributed by atoms with van der Waals surface area (Å²) in [5.74, 6) is -1.18. The van der Waals surface area contributed by atoms with Gasteiger partial charge >= 0.3 is 5.97 Å². The number of benzene rings is 2. The number of carbonyl (C=O) groups is 1. The third-order valence-corrected chi connectivity index (χ3v) is 2.81. The number of aliphatic imine (C=N–C) groups is 1. The number of nitrogens with zero attached hydrogens (tertiary/aromatic N) is 1. The van der Waals surface area contributed by atoms with E-state index < -0.39 is 5.97 Å². The monoisotopic (exact) mass is 299 g/mol. The molecule has 0 amide bonds. The molecular weight excluding hydrogens is 282 g/mol. The summed E-state index contributed by atoms with van der Waals surface area (Å²) in [6.07, 6.45) is -0.108. The van der Waals surface area contributed by atoms with Crippen molar-refractivity contribution in [3.63, 3.8) is 0 Å². The molecule has 5 nitrogen and oxygen atoms in total. The van der Waals surface area contributed by atoms with Crippen LogP contribution >= 0.6 is 0 Å². The number of phenols is 1. The normalized spacial score (nSPS) is 11.5. The highest BCUT2D eigenvalue weighted by Gasteiger charge is 2.14. The van der Waals surface area contributed by atoms with Crippen LogP contribution in [-0.4, -0.2) is 28.2 Å². The zero-order chi connectivity index (χ0) is 16.1. The van der Waals surface area contributed by atoms with Gasteiger partial charge in [-0.25, -0.2) is 9.79 Å². The lowest BCUT2D eigenvalue weighted by Crippen LogP contribution is -2.13. The van der Waals surface area contributed by atoms with Crippen LogP contribution in [0.3, 0.4) is 0 Å². The molecule has 22 heavy (non-hydrogen) atoms. The summed E-state index contributed by atoms with van der Waals surface area (Å²) in [4.78, 5) is 15.4. The van der Waals surface area contributed by atoms with Gasteiger partial charge in [-0.3, -0.25) is 0 Å². The largest absolute Gasteiger partial charge is 0.507 e. The van der Waals surface area contributed by atoms with E-state index in [1.807, 2.05) is 44.2 Å². The molecule has 2 N–H and O–H groups in total. The lowest BCUT2D eigenvalue weighted by molar-refractivity contribution is 0.0693. The summed E-state index contributed by atoms with van der Waals surface area (Å²) in [5, 5.41) is 18.8. The van der Waals surface area contributed by atoms with Gasteiger partial charge in [-0.15, -0.1) is 0 Å². The van der Waals surface area contributed by atoms with Crippen molar-refractivity contribution in [2.45, 2.75) is 20.0 Å². The van der Waals surface area contributed by atoms with Crippen molar-refractivity contribution < 1.29 is 19.7 Å². The third-order valence-electron chi connectivity index (χ3n) is 2.81. The number of rotatable bonds is 4. The molecule has 114 valence electrons. The Balaban J connectivity index is 2.44. The predicted molar refractivity (Wildman–Crippen MR) is 83.9 cm³/mol. The first-order valence-electron chi connectivity index (χ1n) is 6.84. The van der Waals surface area contributed by atoms with E-state index in [0.29, 0.717) is 17.1 Å². The molecular formula is C17H17NO4. The Morgan fingerprint density at radius 1 is 1.14 bits per heavy atom. The summed E-state index contributed by atoms with van der Waals surface area (Å²) in [5.41, 5.74) is 1.06. The molecule has 0 heterocycles. The first kappa shape index (κ1) is 15.6. The first-order chi connectivity index (χ1) is 10.5. The average Bonchev–Trinajstić information content (AvgIpc) is 2.46. The van der Waals surface area contributed by atoms with Crippen LogP contribution in [0.2, 0.25) is 0 Å². The highest BCUT2D eigenvalue weighted by molar-refractivity contribution is 5.98. The van der Waals surface area contributed by atoms with Gasteiger partial charge in [0.25, 0.3) is 0 Å². The molecule has 0 bridgehead atoms. The Bertz CT molecular complexity index is 693. The second-order valence-corrected chi connectivity index (χ2v) is 4.96. The van der Waals surface area contributed by atoms with Crippen LogP contribution in [0.1, 0.15) is 29.8 Å². The number of para-hydroxylation sites is 1. The van der Waals surface area contributed by atoms with Gasteiger partial charge < -0.3 is 14.9 Å². The number of carboxylic acids is 1. The number of aromatic carboxylic acids is 1. The van der Waals surface area contributed by atoms with Crippen molar-refractivity contribution in [3.05, 3.63) is 59.7 Å². The van der Waals surface area contributed by atoms with Crippen LogP contribution in [0.5, 0.6) is 5.75 Å². The lowest BCUT2D eigenvalue weighted by atomic mass is 10.1. The Hall–Kier alpha value is -2.82. The zero-order valence-corrected chi connectivity index (χ0v) is 12.4. The van der Waals surface area contributed by atoms with Crippen molar-refractivity contribution in [2.24, 2.45) is 4.99 Å². The van der Waals surface area contributed by atoms with Gasteiger partial charge in [0.15, 0.2) is 0 Å². The molecule has 0 aliphatic heterocycles. The number of aromatic hydroxyl groups is 1. The Morgan fingerprint density at radius 2 is 1.82 bits per heavy atom. The van der Waals surface area contributed by atoms with E-state index in [1.165, 1.54) is 12.1 Å². The summed E-state index contributed by atoms with van der Waals surface area (Å²) in [7, 11) is 0.